The molecule has 2 heterocycles. The highest BCUT2D eigenvalue weighted by atomic mass is 16.6. The van der Waals surface area contributed by atoms with Crippen LogP contribution in [0.5, 0.6) is 0 Å². The van der Waals surface area contributed by atoms with Gasteiger partial charge in [0.1, 0.15) is 0 Å². The summed E-state index contributed by atoms with van der Waals surface area (Å²) in [6, 6.07) is 0. The molecule has 1 amide bonds. The van der Waals surface area contributed by atoms with Crippen molar-refractivity contribution in [3.8, 4) is 0 Å². The molecule has 2 saturated heterocycles. The van der Waals surface area contributed by atoms with E-state index in [0.29, 0.717) is 5.92 Å². The van der Waals surface area contributed by atoms with E-state index in [9.17, 15) is 9.59 Å². The number of carbonyl (C=O) groups is 2. The van der Waals surface area contributed by atoms with E-state index in [1.807, 2.05) is 6.92 Å². The summed E-state index contributed by atoms with van der Waals surface area (Å²) in [4.78, 5) is 25.0. The zero-order chi connectivity index (χ0) is 17.5. The molecule has 0 aromatic heterocycles. The van der Waals surface area contributed by atoms with E-state index >= 15 is 0 Å². The topological polar surface area (TPSA) is 55.4 Å². The molecule has 0 spiro atoms. The molecule has 4 nitrogen and oxygen atoms in total. The third-order valence-corrected chi connectivity index (χ3v) is 7.72. The summed E-state index contributed by atoms with van der Waals surface area (Å²) in [6.07, 6.45) is 15.8. The van der Waals surface area contributed by atoms with Gasteiger partial charge in [-0.1, -0.05) is 64.2 Å². The molecule has 1 unspecified atom stereocenters. The van der Waals surface area contributed by atoms with E-state index in [1.165, 1.54) is 64.2 Å². The average molecular weight is 347 g/mol. The van der Waals surface area contributed by atoms with E-state index in [4.69, 9.17) is 4.74 Å². The first kappa shape index (κ1) is 17.4. The summed E-state index contributed by atoms with van der Waals surface area (Å²) in [6.45, 7) is 1.90. The van der Waals surface area contributed by atoms with Crippen LogP contribution < -0.4 is 5.32 Å². The summed E-state index contributed by atoms with van der Waals surface area (Å²) in [5, 5.41) is 3.03. The number of fused-ring (bicyclic) bond motifs is 1. The fourth-order valence-electron chi connectivity index (χ4n) is 6.04. The molecule has 0 aromatic carbocycles. The maximum absolute atomic E-state index is 12.8. The third-order valence-electron chi connectivity index (χ3n) is 7.72. The second-order valence-corrected chi connectivity index (χ2v) is 9.23. The van der Waals surface area contributed by atoms with Crippen LogP contribution in [0.2, 0.25) is 0 Å². The lowest BCUT2D eigenvalue weighted by Gasteiger charge is -2.52. The Kier molecular flexibility index (Phi) is 4.57. The van der Waals surface area contributed by atoms with Gasteiger partial charge in [0.25, 0.3) is 0 Å². The number of carbonyl (C=O) groups excluding carboxylic acids is 2. The summed E-state index contributed by atoms with van der Waals surface area (Å²) in [5.41, 5.74) is -1.35. The molecule has 0 bridgehead atoms. The minimum atomic E-state index is -0.780. The van der Waals surface area contributed by atoms with Crippen LogP contribution in [-0.4, -0.2) is 23.0 Å². The molecule has 4 rings (SSSR count). The normalized spacial score (nSPS) is 39.5. The van der Waals surface area contributed by atoms with Crippen LogP contribution in [0.4, 0.5) is 0 Å². The second kappa shape index (κ2) is 6.59. The van der Waals surface area contributed by atoms with E-state index in [2.05, 4.69) is 5.32 Å². The highest BCUT2D eigenvalue weighted by Crippen LogP contribution is 2.54. The lowest BCUT2D eigenvalue weighted by atomic mass is 9.65. The maximum Gasteiger partial charge on any atom is 0.336 e. The van der Waals surface area contributed by atoms with Gasteiger partial charge in [-0.2, -0.15) is 0 Å². The minimum Gasteiger partial charge on any atom is -0.453 e. The monoisotopic (exact) mass is 347 g/mol. The Hall–Kier alpha value is -1.06. The van der Waals surface area contributed by atoms with Crippen LogP contribution >= 0.6 is 0 Å². The molecule has 2 aliphatic heterocycles. The molecule has 0 aromatic rings. The molecule has 2 saturated carbocycles. The summed E-state index contributed by atoms with van der Waals surface area (Å²) in [5.74, 6) is 1.07. The number of amides is 1. The number of esters is 1. The second-order valence-electron chi connectivity index (χ2n) is 9.23. The van der Waals surface area contributed by atoms with Gasteiger partial charge in [-0.05, 0) is 38.0 Å². The molecule has 25 heavy (non-hydrogen) atoms. The van der Waals surface area contributed by atoms with Gasteiger partial charge in [0.15, 0.2) is 11.1 Å². The largest absolute Gasteiger partial charge is 0.453 e. The fraction of sp³-hybridized carbons (Fsp3) is 0.905. The van der Waals surface area contributed by atoms with Crippen molar-refractivity contribution in [3.05, 3.63) is 0 Å². The Morgan fingerprint density at radius 2 is 1.56 bits per heavy atom. The first-order valence-electron chi connectivity index (χ1n) is 10.6. The van der Waals surface area contributed by atoms with Gasteiger partial charge >= 0.3 is 5.97 Å². The molecule has 4 fully saturated rings. The van der Waals surface area contributed by atoms with E-state index < -0.39 is 11.1 Å². The summed E-state index contributed by atoms with van der Waals surface area (Å²) >= 11 is 0. The van der Waals surface area contributed by atoms with Crippen LogP contribution in [0.15, 0.2) is 0 Å². The highest BCUT2D eigenvalue weighted by Gasteiger charge is 2.75. The molecule has 1 N–H and O–H groups in total. The van der Waals surface area contributed by atoms with Gasteiger partial charge in [0, 0.05) is 0 Å². The van der Waals surface area contributed by atoms with Gasteiger partial charge in [-0.25, -0.2) is 4.79 Å². The Balaban J connectivity index is 1.49. The molecule has 2 aliphatic carbocycles. The maximum atomic E-state index is 12.8. The quantitative estimate of drug-likeness (QED) is 0.761. The van der Waals surface area contributed by atoms with Gasteiger partial charge < -0.3 is 10.1 Å². The number of hydrogen-bond donors (Lipinski definition) is 1. The molecule has 4 heteroatoms. The lowest BCUT2D eigenvalue weighted by molar-refractivity contribution is -0.225. The number of rotatable bonds is 5. The fourth-order valence-corrected chi connectivity index (χ4v) is 6.04. The predicted octanol–water partition coefficient (Wildman–Crippen LogP) is 4.12. The van der Waals surface area contributed by atoms with Crippen molar-refractivity contribution in [2.24, 2.45) is 17.8 Å². The van der Waals surface area contributed by atoms with Crippen molar-refractivity contribution in [3.63, 3.8) is 0 Å². The zero-order valence-electron chi connectivity index (χ0n) is 15.6. The summed E-state index contributed by atoms with van der Waals surface area (Å²) < 4.78 is 5.85. The van der Waals surface area contributed by atoms with Gasteiger partial charge in [0.2, 0.25) is 5.91 Å². The van der Waals surface area contributed by atoms with Crippen LogP contribution in [0.1, 0.15) is 90.4 Å². The van der Waals surface area contributed by atoms with Crippen LogP contribution in [0, 0.1) is 17.8 Å². The van der Waals surface area contributed by atoms with E-state index in [1.54, 1.807) is 0 Å². The highest BCUT2D eigenvalue weighted by molar-refractivity contribution is 6.00. The third kappa shape index (κ3) is 2.80. The van der Waals surface area contributed by atoms with Crippen molar-refractivity contribution in [2.45, 2.75) is 102 Å². The number of nitrogens with one attached hydrogen (secondary N) is 1. The van der Waals surface area contributed by atoms with Crippen molar-refractivity contribution >= 4 is 11.9 Å². The number of hydrogen-bond acceptors (Lipinski definition) is 3. The average Bonchev–Trinajstić information content (AvgIpc) is 2.80. The standard InChI is InChI=1S/C21H33NO3/c1-20-19(24)25-21(20,13-12-15-8-4-2-5-9-15)17(18(23)22-20)14-16-10-6-3-7-11-16/h15-17H,2-14H2,1H3,(H,22,23)/t17-,20?,21+/m0/s1. The predicted molar refractivity (Wildman–Crippen MR) is 95.9 cm³/mol. The Morgan fingerprint density at radius 1 is 0.960 bits per heavy atom. The van der Waals surface area contributed by atoms with Crippen molar-refractivity contribution in [2.75, 3.05) is 0 Å². The Morgan fingerprint density at radius 3 is 2.16 bits per heavy atom. The SMILES string of the molecule is CC12NC(=O)[C@H](CC3CCCCC3)[C@@]1(CCC1CCCCC1)OC2=O. The molecular formula is C21H33NO3. The first-order chi connectivity index (χ1) is 12.1. The van der Waals surface area contributed by atoms with Crippen LogP contribution in [0.25, 0.3) is 0 Å². The molecule has 0 radical (unpaired) electrons. The van der Waals surface area contributed by atoms with Crippen LogP contribution in [-0.2, 0) is 14.3 Å². The van der Waals surface area contributed by atoms with Crippen LogP contribution in [0.3, 0.4) is 0 Å². The van der Waals surface area contributed by atoms with Gasteiger partial charge in [-0.15, -0.1) is 0 Å². The summed E-state index contributed by atoms with van der Waals surface area (Å²) in [7, 11) is 0. The minimum absolute atomic E-state index is 0.0579. The van der Waals surface area contributed by atoms with Gasteiger partial charge in [0.05, 0.1) is 5.92 Å². The smallest absolute Gasteiger partial charge is 0.336 e. The van der Waals surface area contributed by atoms with E-state index in [0.717, 1.165) is 25.2 Å². The molecule has 4 aliphatic rings. The van der Waals surface area contributed by atoms with Crippen molar-refractivity contribution in [1.82, 2.24) is 5.32 Å². The van der Waals surface area contributed by atoms with E-state index in [-0.39, 0.29) is 17.8 Å². The Labute approximate surface area is 151 Å². The van der Waals surface area contributed by atoms with Crippen molar-refractivity contribution < 1.29 is 14.3 Å². The van der Waals surface area contributed by atoms with Crippen molar-refractivity contribution in [1.29, 1.82) is 0 Å². The number of ether oxygens (including phenoxy) is 1. The lowest BCUT2D eigenvalue weighted by Crippen LogP contribution is -2.73. The Bertz CT molecular complexity index is 535. The van der Waals surface area contributed by atoms with Gasteiger partial charge in [-0.3, -0.25) is 4.79 Å². The zero-order valence-corrected chi connectivity index (χ0v) is 15.6. The molecular weight excluding hydrogens is 314 g/mol. The molecule has 140 valence electrons. The molecule has 3 atom stereocenters. The first-order valence-corrected chi connectivity index (χ1v) is 10.6.